The van der Waals surface area contributed by atoms with Crippen LogP contribution in [0.3, 0.4) is 0 Å². The van der Waals surface area contributed by atoms with E-state index in [4.69, 9.17) is 4.74 Å². The number of carbonyl (C=O) groups is 2. The van der Waals surface area contributed by atoms with Crippen LogP contribution >= 0.6 is 0 Å². The molecule has 1 aliphatic heterocycles. The number of rotatable bonds is 3. The first-order valence-corrected chi connectivity index (χ1v) is 11.7. The molecule has 1 aromatic heterocycles. The molecule has 0 saturated heterocycles. The fourth-order valence-electron chi connectivity index (χ4n) is 4.12. The zero-order valence-corrected chi connectivity index (χ0v) is 19.7. The molecule has 3 aromatic rings. The lowest BCUT2D eigenvalue weighted by atomic mass is 9.81. The van der Waals surface area contributed by atoms with Crippen LogP contribution in [0.15, 0.2) is 54.9 Å². The van der Waals surface area contributed by atoms with Crippen molar-refractivity contribution in [2.45, 2.75) is 37.3 Å². The highest BCUT2D eigenvalue weighted by atomic mass is 19.1. The number of benzene rings is 2. The molecule has 184 valence electrons. The Kier molecular flexibility index (Phi) is 6.20. The van der Waals surface area contributed by atoms with E-state index in [-0.39, 0.29) is 18.3 Å². The van der Waals surface area contributed by atoms with Gasteiger partial charge in [0.15, 0.2) is 0 Å². The van der Waals surface area contributed by atoms with E-state index in [1.54, 1.807) is 49.8 Å². The number of anilines is 1. The number of fused-ring (bicyclic) bond motifs is 1. The van der Waals surface area contributed by atoms with Crippen molar-refractivity contribution in [3.8, 4) is 17.6 Å². The third-order valence-electron chi connectivity index (χ3n) is 6.44. The summed E-state index contributed by atoms with van der Waals surface area (Å²) in [4.78, 5) is 27.4. The molecule has 8 nitrogen and oxygen atoms in total. The molecule has 2 amide bonds. The Labute approximate surface area is 207 Å². The second-order valence-corrected chi connectivity index (χ2v) is 9.12. The third-order valence-corrected chi connectivity index (χ3v) is 6.44. The Bertz CT molecular complexity index is 1370. The van der Waals surface area contributed by atoms with Crippen LogP contribution in [0.25, 0.3) is 0 Å². The van der Waals surface area contributed by atoms with Crippen molar-refractivity contribution >= 4 is 17.6 Å². The van der Waals surface area contributed by atoms with E-state index in [1.165, 1.54) is 17.0 Å². The number of amides is 2. The van der Waals surface area contributed by atoms with E-state index in [9.17, 15) is 19.1 Å². The number of hydrogen-bond donors (Lipinski definition) is 2. The number of nitrogens with one attached hydrogen (secondary N) is 1. The molecule has 9 heteroatoms. The van der Waals surface area contributed by atoms with Crippen LogP contribution in [0.4, 0.5) is 14.9 Å². The van der Waals surface area contributed by atoms with Gasteiger partial charge in [0.1, 0.15) is 29.8 Å². The van der Waals surface area contributed by atoms with Crippen molar-refractivity contribution in [2.24, 2.45) is 0 Å². The van der Waals surface area contributed by atoms with Crippen molar-refractivity contribution < 1.29 is 23.8 Å². The van der Waals surface area contributed by atoms with Gasteiger partial charge in [-0.15, -0.1) is 0 Å². The fourth-order valence-corrected chi connectivity index (χ4v) is 4.12. The lowest BCUT2D eigenvalue weighted by Gasteiger charge is -2.30. The molecule has 1 saturated carbocycles. The predicted octanol–water partition coefficient (Wildman–Crippen LogP) is 2.86. The topological polar surface area (TPSA) is 96.7 Å². The highest BCUT2D eigenvalue weighted by Gasteiger charge is 2.33. The standard InChI is InChI=1S/C27H25FN4O4/c1-31-23-14-19(9-12-27(35)10-2-11-27)5-8-24(23)36-17-22(25(31)33)30-26(34)32-16-20(15-29-32)13-18-3-6-21(28)7-4-18/h3-8,14-16,22,35H,2,10-11,13,17H2,1H3,(H,30,34)/t22-/m1/s1. The fraction of sp³-hybridized carbons (Fsp3) is 0.296. The summed E-state index contributed by atoms with van der Waals surface area (Å²) in [7, 11) is 1.61. The molecule has 5 rings (SSSR count). The average Bonchev–Trinajstić information content (AvgIpc) is 3.29. The first kappa shape index (κ1) is 23.6. The molecule has 0 spiro atoms. The zero-order chi connectivity index (χ0) is 25.3. The molecule has 2 aromatic carbocycles. The SMILES string of the molecule is CN1C(=O)[C@H](NC(=O)n2cc(Cc3ccc(F)cc3)cn2)COc2ccc(C#CC3(O)CCC3)cc21. The monoisotopic (exact) mass is 488 g/mol. The number of likely N-dealkylation sites (N-methyl/N-ethyl adjacent to an activating group) is 1. The van der Waals surface area contributed by atoms with Gasteiger partial charge in [-0.2, -0.15) is 9.78 Å². The highest BCUT2D eigenvalue weighted by Crippen LogP contribution is 2.33. The minimum Gasteiger partial charge on any atom is -0.489 e. The smallest absolute Gasteiger partial charge is 0.342 e. The Morgan fingerprint density at radius 3 is 2.75 bits per heavy atom. The molecule has 2 aliphatic rings. The molecule has 1 atom stereocenters. The van der Waals surface area contributed by atoms with Gasteiger partial charge in [0, 0.05) is 25.2 Å². The number of ether oxygens (including phenoxy) is 1. The van der Waals surface area contributed by atoms with Crippen molar-refractivity contribution in [2.75, 3.05) is 18.6 Å². The van der Waals surface area contributed by atoms with Crippen LogP contribution < -0.4 is 15.0 Å². The van der Waals surface area contributed by atoms with E-state index < -0.39 is 17.7 Å². The Balaban J connectivity index is 1.26. The molecular weight excluding hydrogens is 463 g/mol. The van der Waals surface area contributed by atoms with Crippen LogP contribution in [0.5, 0.6) is 5.75 Å². The summed E-state index contributed by atoms with van der Waals surface area (Å²) in [6.07, 6.45) is 5.90. The van der Waals surface area contributed by atoms with Gasteiger partial charge in [-0.25, -0.2) is 9.18 Å². The van der Waals surface area contributed by atoms with Crippen molar-refractivity contribution in [1.29, 1.82) is 0 Å². The van der Waals surface area contributed by atoms with E-state index >= 15 is 0 Å². The maximum atomic E-state index is 13.1. The second-order valence-electron chi connectivity index (χ2n) is 9.12. The molecule has 1 aliphatic carbocycles. The summed E-state index contributed by atoms with van der Waals surface area (Å²) in [6.45, 7) is -0.0452. The summed E-state index contributed by atoms with van der Waals surface area (Å²) >= 11 is 0. The number of aliphatic hydroxyl groups is 1. The van der Waals surface area contributed by atoms with Crippen LogP contribution in [0.2, 0.25) is 0 Å². The number of hydrogen-bond acceptors (Lipinski definition) is 5. The quantitative estimate of drug-likeness (QED) is 0.553. The molecule has 36 heavy (non-hydrogen) atoms. The van der Waals surface area contributed by atoms with Crippen LogP contribution in [-0.4, -0.2) is 52.1 Å². The van der Waals surface area contributed by atoms with E-state index in [0.29, 0.717) is 36.3 Å². The van der Waals surface area contributed by atoms with Crippen molar-refractivity contribution in [1.82, 2.24) is 15.1 Å². The predicted molar refractivity (Wildman–Crippen MR) is 130 cm³/mol. The zero-order valence-electron chi connectivity index (χ0n) is 19.7. The number of aromatic nitrogens is 2. The van der Waals surface area contributed by atoms with Gasteiger partial charge >= 0.3 is 6.03 Å². The van der Waals surface area contributed by atoms with Gasteiger partial charge in [0.05, 0.1) is 11.9 Å². The van der Waals surface area contributed by atoms with E-state index in [2.05, 4.69) is 22.3 Å². The highest BCUT2D eigenvalue weighted by molar-refractivity contribution is 6.00. The van der Waals surface area contributed by atoms with Gasteiger partial charge in [0.2, 0.25) is 0 Å². The lowest BCUT2D eigenvalue weighted by Crippen LogP contribution is -2.50. The summed E-state index contributed by atoms with van der Waals surface area (Å²) in [5, 5.41) is 17.0. The Morgan fingerprint density at radius 2 is 2.03 bits per heavy atom. The van der Waals surface area contributed by atoms with Gasteiger partial charge in [-0.05, 0) is 60.7 Å². The van der Waals surface area contributed by atoms with E-state index in [0.717, 1.165) is 22.2 Å². The van der Waals surface area contributed by atoms with Crippen LogP contribution in [0.1, 0.15) is 36.0 Å². The average molecular weight is 489 g/mol. The van der Waals surface area contributed by atoms with Crippen LogP contribution in [0, 0.1) is 17.7 Å². The Hall–Kier alpha value is -4.16. The van der Waals surface area contributed by atoms with Crippen LogP contribution in [-0.2, 0) is 11.2 Å². The molecule has 0 radical (unpaired) electrons. The normalized spacial score (nSPS) is 18.1. The minimum absolute atomic E-state index is 0.0452. The molecular formula is C27H25FN4O4. The summed E-state index contributed by atoms with van der Waals surface area (Å²) in [5.74, 6) is 5.74. The molecule has 2 N–H and O–H groups in total. The number of carbonyl (C=O) groups excluding carboxylic acids is 2. The first-order valence-electron chi connectivity index (χ1n) is 11.7. The van der Waals surface area contributed by atoms with Gasteiger partial charge in [0.25, 0.3) is 5.91 Å². The molecule has 1 fully saturated rings. The summed E-state index contributed by atoms with van der Waals surface area (Å²) in [6, 6.07) is 9.86. The third kappa shape index (κ3) is 4.95. The number of nitrogens with zero attached hydrogens (tertiary/aromatic N) is 3. The van der Waals surface area contributed by atoms with Gasteiger partial charge < -0.3 is 20.1 Å². The molecule has 2 heterocycles. The van der Waals surface area contributed by atoms with Crippen molar-refractivity contribution in [3.05, 3.63) is 77.4 Å². The maximum absolute atomic E-state index is 13.1. The van der Waals surface area contributed by atoms with E-state index in [1.807, 2.05) is 0 Å². The first-order chi connectivity index (χ1) is 17.3. The maximum Gasteiger partial charge on any atom is 0.342 e. The van der Waals surface area contributed by atoms with Gasteiger partial charge in [-0.3, -0.25) is 4.79 Å². The summed E-state index contributed by atoms with van der Waals surface area (Å²) < 4.78 is 20.1. The second kappa shape index (κ2) is 9.47. The minimum atomic E-state index is -0.926. The molecule has 0 unspecified atom stereocenters. The van der Waals surface area contributed by atoms with Gasteiger partial charge in [-0.1, -0.05) is 24.0 Å². The lowest BCUT2D eigenvalue weighted by molar-refractivity contribution is -0.120. The largest absolute Gasteiger partial charge is 0.489 e. The molecule has 0 bridgehead atoms. The summed E-state index contributed by atoms with van der Waals surface area (Å²) in [5.41, 5.74) is 1.92. The Morgan fingerprint density at radius 1 is 1.25 bits per heavy atom. The van der Waals surface area contributed by atoms with Crippen molar-refractivity contribution in [3.63, 3.8) is 0 Å². The number of halogens is 1.